The highest BCUT2D eigenvalue weighted by Crippen LogP contribution is 2.61. The molecule has 0 aromatic rings. The maximum Gasteiger partial charge on any atom is 0.460 e. The van der Waals surface area contributed by atoms with Gasteiger partial charge in [-0.25, -0.2) is 8.78 Å². The van der Waals surface area contributed by atoms with E-state index < -0.39 is 73.0 Å². The Morgan fingerprint density at radius 2 is 1.12 bits per heavy atom. The molecule has 1 atom stereocenters. The van der Waals surface area contributed by atoms with Crippen molar-refractivity contribution in [2.75, 3.05) is 6.61 Å². The average Bonchev–Trinajstić information content (AvgIpc) is 2.57. The maximum atomic E-state index is 13.5. The zero-order valence-corrected chi connectivity index (χ0v) is 15.9. The minimum atomic E-state index is -8.16. The third kappa shape index (κ3) is 5.48. The molecular formula is C15H15F15O2. The lowest BCUT2D eigenvalue weighted by atomic mass is 9.91. The van der Waals surface area contributed by atoms with Gasteiger partial charge in [-0.1, -0.05) is 13.8 Å². The molecule has 0 spiro atoms. The summed E-state index contributed by atoms with van der Waals surface area (Å²) in [4.78, 5) is 11.2. The van der Waals surface area contributed by atoms with Crippen molar-refractivity contribution in [3.8, 4) is 0 Å². The predicted molar refractivity (Wildman–Crippen MR) is 75.4 cm³/mol. The second-order valence-corrected chi connectivity index (χ2v) is 6.76. The zero-order chi connectivity index (χ0) is 26.2. The molecule has 0 N–H and O–H groups in total. The van der Waals surface area contributed by atoms with Crippen LogP contribution in [0.1, 0.15) is 33.1 Å². The molecule has 0 radical (unpaired) electrons. The van der Waals surface area contributed by atoms with Crippen LogP contribution in [-0.4, -0.2) is 54.3 Å². The van der Waals surface area contributed by atoms with Gasteiger partial charge in [-0.15, -0.1) is 0 Å². The summed E-state index contributed by atoms with van der Waals surface area (Å²) in [6.07, 6.45) is -13.1. The number of halogens is 15. The highest BCUT2D eigenvalue weighted by molar-refractivity contribution is 5.71. The van der Waals surface area contributed by atoms with Gasteiger partial charge in [0.15, 0.2) is 0 Å². The number of carbonyl (C=O) groups is 1. The van der Waals surface area contributed by atoms with Crippen LogP contribution in [0.4, 0.5) is 65.9 Å². The molecule has 0 saturated carbocycles. The lowest BCUT2D eigenvalue weighted by Gasteiger charge is -2.40. The SMILES string of the molecule is CCC(C)C(=O)OCCC(F)(F)CC(F)(F)C(F)(F)C(F)(F)C(F)(F)C(F)(F)C(F)(F)F. The summed E-state index contributed by atoms with van der Waals surface area (Å²) in [5.41, 5.74) is 0. The maximum absolute atomic E-state index is 13.5. The van der Waals surface area contributed by atoms with Gasteiger partial charge in [-0.05, 0) is 6.42 Å². The molecule has 0 aliphatic heterocycles. The summed E-state index contributed by atoms with van der Waals surface area (Å²) >= 11 is 0. The van der Waals surface area contributed by atoms with E-state index >= 15 is 0 Å². The fourth-order valence-electron chi connectivity index (χ4n) is 1.94. The van der Waals surface area contributed by atoms with E-state index in [1.165, 1.54) is 13.8 Å². The number of hydrogen-bond acceptors (Lipinski definition) is 2. The third-order valence-electron chi connectivity index (χ3n) is 4.21. The number of hydrogen-bond donors (Lipinski definition) is 0. The number of alkyl halides is 15. The summed E-state index contributed by atoms with van der Waals surface area (Å²) in [5, 5.41) is 0. The minimum absolute atomic E-state index is 0.130. The highest BCUT2D eigenvalue weighted by Gasteiger charge is 2.90. The molecule has 0 heterocycles. The van der Waals surface area contributed by atoms with Crippen molar-refractivity contribution in [2.24, 2.45) is 5.92 Å². The molecular weight excluding hydrogens is 497 g/mol. The standard InChI is InChI=1S/C15H15F15O2/c1-3-7(2)8(31)32-5-4-9(16,17)6-10(18,19)11(20,21)12(22,23)13(24,25)14(26,27)15(28,29)30/h7H,3-6H2,1-2H3. The predicted octanol–water partition coefficient (Wildman–Crippen LogP) is 6.73. The van der Waals surface area contributed by atoms with Crippen molar-refractivity contribution in [1.82, 2.24) is 0 Å². The fourth-order valence-corrected chi connectivity index (χ4v) is 1.94. The molecule has 17 heteroatoms. The molecule has 0 aromatic heterocycles. The number of ether oxygens (including phenoxy) is 1. The molecule has 0 amide bonds. The van der Waals surface area contributed by atoms with Crippen LogP contribution in [0.3, 0.4) is 0 Å². The van der Waals surface area contributed by atoms with E-state index in [0.717, 1.165) is 0 Å². The van der Waals surface area contributed by atoms with Gasteiger partial charge in [0.2, 0.25) is 0 Å². The number of esters is 1. The van der Waals surface area contributed by atoms with E-state index in [9.17, 15) is 70.7 Å². The first-order valence-corrected chi connectivity index (χ1v) is 8.32. The molecule has 1 unspecified atom stereocenters. The molecule has 0 aromatic carbocycles. The average molecular weight is 512 g/mol. The van der Waals surface area contributed by atoms with Crippen molar-refractivity contribution >= 4 is 5.97 Å². The van der Waals surface area contributed by atoms with Crippen molar-refractivity contribution in [2.45, 2.75) is 74.8 Å². The van der Waals surface area contributed by atoms with Gasteiger partial charge in [0.05, 0.1) is 18.9 Å². The van der Waals surface area contributed by atoms with E-state index in [0.29, 0.717) is 0 Å². The topological polar surface area (TPSA) is 26.3 Å². The Morgan fingerprint density at radius 1 is 0.719 bits per heavy atom. The van der Waals surface area contributed by atoms with Gasteiger partial charge >= 0.3 is 41.8 Å². The molecule has 0 fully saturated rings. The molecule has 0 bridgehead atoms. The van der Waals surface area contributed by atoms with Crippen LogP contribution in [0.2, 0.25) is 0 Å². The smallest absolute Gasteiger partial charge is 0.460 e. The fraction of sp³-hybridized carbons (Fsp3) is 0.933. The first kappa shape index (κ1) is 30.4. The van der Waals surface area contributed by atoms with Gasteiger partial charge < -0.3 is 4.74 Å². The van der Waals surface area contributed by atoms with Crippen LogP contribution in [-0.2, 0) is 9.53 Å². The molecule has 192 valence electrons. The van der Waals surface area contributed by atoms with E-state index in [-0.39, 0.29) is 6.42 Å². The lowest BCUT2D eigenvalue weighted by molar-refractivity contribution is -0.442. The van der Waals surface area contributed by atoms with Crippen LogP contribution >= 0.6 is 0 Å². The zero-order valence-electron chi connectivity index (χ0n) is 15.9. The summed E-state index contributed by atoms with van der Waals surface area (Å²) in [7, 11) is 0. The van der Waals surface area contributed by atoms with Crippen molar-refractivity contribution in [1.29, 1.82) is 0 Å². The normalized spacial score (nSPS) is 16.2. The Kier molecular flexibility index (Phi) is 8.54. The van der Waals surface area contributed by atoms with Crippen LogP contribution in [0, 0.1) is 5.92 Å². The van der Waals surface area contributed by atoms with Gasteiger partial charge in [0, 0.05) is 6.42 Å². The van der Waals surface area contributed by atoms with E-state index in [2.05, 4.69) is 4.74 Å². The van der Waals surface area contributed by atoms with Crippen molar-refractivity contribution in [3.63, 3.8) is 0 Å². The Bertz CT molecular complexity index is 654. The van der Waals surface area contributed by atoms with Gasteiger partial charge in [-0.3, -0.25) is 4.79 Å². The Labute approximate surface area is 170 Å². The lowest BCUT2D eigenvalue weighted by Crippen LogP contribution is -2.70. The largest absolute Gasteiger partial charge is 0.465 e. The monoisotopic (exact) mass is 512 g/mol. The number of carbonyl (C=O) groups excluding carboxylic acids is 1. The van der Waals surface area contributed by atoms with E-state index in [1.807, 2.05) is 0 Å². The number of rotatable bonds is 11. The minimum Gasteiger partial charge on any atom is -0.465 e. The van der Waals surface area contributed by atoms with Crippen molar-refractivity contribution in [3.05, 3.63) is 0 Å². The summed E-state index contributed by atoms with van der Waals surface area (Å²) in [6.45, 7) is 1.27. The van der Waals surface area contributed by atoms with E-state index in [4.69, 9.17) is 0 Å². The van der Waals surface area contributed by atoms with Crippen LogP contribution < -0.4 is 0 Å². The third-order valence-corrected chi connectivity index (χ3v) is 4.21. The Hall–Kier alpha value is -1.58. The van der Waals surface area contributed by atoms with Gasteiger partial charge in [-0.2, -0.15) is 57.1 Å². The van der Waals surface area contributed by atoms with Gasteiger partial charge in [0.25, 0.3) is 5.92 Å². The second-order valence-electron chi connectivity index (χ2n) is 6.76. The molecule has 32 heavy (non-hydrogen) atoms. The summed E-state index contributed by atoms with van der Waals surface area (Å²) in [6, 6.07) is 0. The summed E-state index contributed by atoms with van der Waals surface area (Å²) < 4.78 is 199. The second kappa shape index (κ2) is 8.99. The van der Waals surface area contributed by atoms with Crippen molar-refractivity contribution < 1.29 is 75.4 Å². The molecule has 0 aliphatic carbocycles. The Balaban J connectivity index is 5.77. The highest BCUT2D eigenvalue weighted by atomic mass is 19.4. The molecule has 0 rings (SSSR count). The van der Waals surface area contributed by atoms with Gasteiger partial charge in [0.1, 0.15) is 0 Å². The Morgan fingerprint density at radius 3 is 1.50 bits per heavy atom. The summed E-state index contributed by atoms with van der Waals surface area (Å²) in [5.74, 6) is -46.1. The quantitative estimate of drug-likeness (QED) is 0.227. The molecule has 2 nitrogen and oxygen atoms in total. The molecule has 0 saturated heterocycles. The first-order chi connectivity index (χ1) is 13.8. The molecule has 0 aliphatic rings. The van der Waals surface area contributed by atoms with Crippen LogP contribution in [0.25, 0.3) is 0 Å². The van der Waals surface area contributed by atoms with Crippen LogP contribution in [0.15, 0.2) is 0 Å². The van der Waals surface area contributed by atoms with E-state index in [1.54, 1.807) is 0 Å². The van der Waals surface area contributed by atoms with Crippen LogP contribution in [0.5, 0.6) is 0 Å². The first-order valence-electron chi connectivity index (χ1n) is 8.32.